The molecular weight excluding hydrogens is 224 g/mol. The summed E-state index contributed by atoms with van der Waals surface area (Å²) in [6.07, 6.45) is 0.441. The van der Waals surface area contributed by atoms with Crippen molar-refractivity contribution >= 4 is 11.9 Å². The largest absolute Gasteiger partial charge is 0.481 e. The molecule has 2 rings (SSSR count). The van der Waals surface area contributed by atoms with Crippen LogP contribution in [-0.2, 0) is 16.1 Å². The standard InChI is InChI=1S/C11H14N2O4/c1-6-3-7(12-17-6)5-13(2)10(14)8-4-9(8)11(15)16/h3,8-9H,4-5H2,1-2H3,(H,15,16)/t8-,9+/m1/s1. The van der Waals surface area contributed by atoms with Gasteiger partial charge in [0.2, 0.25) is 5.91 Å². The lowest BCUT2D eigenvalue weighted by atomic mass is 10.2. The molecule has 1 heterocycles. The molecule has 6 nitrogen and oxygen atoms in total. The van der Waals surface area contributed by atoms with Crippen LogP contribution in [0.3, 0.4) is 0 Å². The van der Waals surface area contributed by atoms with E-state index in [2.05, 4.69) is 5.16 Å². The van der Waals surface area contributed by atoms with Crippen LogP contribution in [-0.4, -0.2) is 34.1 Å². The third-order valence-corrected chi connectivity index (χ3v) is 2.88. The Hall–Kier alpha value is -1.85. The van der Waals surface area contributed by atoms with Crippen LogP contribution in [0.5, 0.6) is 0 Å². The number of carbonyl (C=O) groups is 2. The molecular formula is C11H14N2O4. The number of nitrogens with zero attached hydrogens (tertiary/aromatic N) is 2. The van der Waals surface area contributed by atoms with E-state index in [1.807, 2.05) is 0 Å². The summed E-state index contributed by atoms with van der Waals surface area (Å²) >= 11 is 0. The fourth-order valence-corrected chi connectivity index (χ4v) is 1.84. The molecule has 0 spiro atoms. The van der Waals surface area contributed by atoms with Crippen LogP contribution >= 0.6 is 0 Å². The van der Waals surface area contributed by atoms with Crippen molar-refractivity contribution in [1.29, 1.82) is 0 Å². The van der Waals surface area contributed by atoms with E-state index in [4.69, 9.17) is 9.63 Å². The van der Waals surface area contributed by atoms with E-state index < -0.39 is 11.9 Å². The highest BCUT2D eigenvalue weighted by molar-refractivity contribution is 5.89. The fourth-order valence-electron chi connectivity index (χ4n) is 1.84. The summed E-state index contributed by atoms with van der Waals surface area (Å²) in [6, 6.07) is 1.76. The first-order valence-corrected chi connectivity index (χ1v) is 5.39. The molecule has 0 bridgehead atoms. The molecule has 1 saturated carbocycles. The maximum absolute atomic E-state index is 11.8. The van der Waals surface area contributed by atoms with Gasteiger partial charge < -0.3 is 14.5 Å². The molecule has 1 amide bonds. The Morgan fingerprint density at radius 1 is 1.59 bits per heavy atom. The van der Waals surface area contributed by atoms with E-state index >= 15 is 0 Å². The summed E-state index contributed by atoms with van der Waals surface area (Å²) in [7, 11) is 1.64. The number of hydrogen-bond donors (Lipinski definition) is 1. The van der Waals surface area contributed by atoms with Gasteiger partial charge in [-0.3, -0.25) is 9.59 Å². The first-order valence-electron chi connectivity index (χ1n) is 5.39. The molecule has 1 aromatic heterocycles. The lowest BCUT2D eigenvalue weighted by Crippen LogP contribution is -2.28. The smallest absolute Gasteiger partial charge is 0.307 e. The fraction of sp³-hybridized carbons (Fsp3) is 0.545. The van der Waals surface area contributed by atoms with Gasteiger partial charge in [-0.25, -0.2) is 0 Å². The number of aliphatic carboxylic acids is 1. The Morgan fingerprint density at radius 2 is 2.29 bits per heavy atom. The number of aryl methyl sites for hydroxylation is 1. The Morgan fingerprint density at radius 3 is 2.76 bits per heavy atom. The number of aromatic nitrogens is 1. The molecule has 0 radical (unpaired) electrons. The monoisotopic (exact) mass is 238 g/mol. The summed E-state index contributed by atoms with van der Waals surface area (Å²) in [5, 5.41) is 12.5. The number of carbonyl (C=O) groups excluding carboxylic acids is 1. The lowest BCUT2D eigenvalue weighted by Gasteiger charge is -2.14. The molecule has 1 aliphatic carbocycles. The van der Waals surface area contributed by atoms with E-state index in [9.17, 15) is 9.59 Å². The Kier molecular flexibility index (Phi) is 2.87. The normalized spacial score (nSPS) is 22.2. The summed E-state index contributed by atoms with van der Waals surface area (Å²) < 4.78 is 4.90. The average molecular weight is 238 g/mol. The highest BCUT2D eigenvalue weighted by Gasteiger charge is 2.49. The van der Waals surface area contributed by atoms with Gasteiger partial charge in [0.15, 0.2) is 0 Å². The van der Waals surface area contributed by atoms with Crippen molar-refractivity contribution in [3.05, 3.63) is 17.5 Å². The molecule has 1 N–H and O–H groups in total. The van der Waals surface area contributed by atoms with Gasteiger partial charge in [0.05, 0.1) is 18.4 Å². The maximum atomic E-state index is 11.8. The van der Waals surface area contributed by atoms with Crippen LogP contribution in [0.15, 0.2) is 10.6 Å². The second-order valence-electron chi connectivity index (χ2n) is 4.41. The zero-order chi connectivity index (χ0) is 12.6. The topological polar surface area (TPSA) is 83.6 Å². The minimum absolute atomic E-state index is 0.141. The second kappa shape index (κ2) is 4.20. The number of amides is 1. The van der Waals surface area contributed by atoms with Gasteiger partial charge in [-0.05, 0) is 13.3 Å². The van der Waals surface area contributed by atoms with Crippen molar-refractivity contribution in [2.24, 2.45) is 11.8 Å². The van der Waals surface area contributed by atoms with Crippen molar-refractivity contribution in [3.8, 4) is 0 Å². The number of hydrogen-bond acceptors (Lipinski definition) is 4. The van der Waals surface area contributed by atoms with E-state index in [1.165, 1.54) is 4.90 Å². The molecule has 1 aromatic rings. The number of carboxylic acid groups (broad SMARTS) is 1. The molecule has 0 aromatic carbocycles. The number of rotatable bonds is 4. The predicted octanol–water partition coefficient (Wildman–Crippen LogP) is 0.662. The Bertz CT molecular complexity index is 454. The van der Waals surface area contributed by atoms with Crippen molar-refractivity contribution in [2.45, 2.75) is 19.9 Å². The zero-order valence-corrected chi connectivity index (χ0v) is 9.71. The molecule has 0 saturated heterocycles. The van der Waals surface area contributed by atoms with Crippen LogP contribution in [0.2, 0.25) is 0 Å². The molecule has 92 valence electrons. The minimum atomic E-state index is -0.894. The molecule has 1 fully saturated rings. The molecule has 0 aliphatic heterocycles. The minimum Gasteiger partial charge on any atom is -0.481 e. The van der Waals surface area contributed by atoms with E-state index in [1.54, 1.807) is 20.0 Å². The van der Waals surface area contributed by atoms with E-state index in [0.717, 1.165) is 0 Å². The summed E-state index contributed by atoms with van der Waals surface area (Å²) in [5.41, 5.74) is 0.672. The SMILES string of the molecule is Cc1cc(CN(C)C(=O)[C@@H]2C[C@@H]2C(=O)O)no1. The first-order chi connectivity index (χ1) is 7.99. The maximum Gasteiger partial charge on any atom is 0.307 e. The Labute approximate surface area is 98.2 Å². The second-order valence-corrected chi connectivity index (χ2v) is 4.41. The van der Waals surface area contributed by atoms with Gasteiger partial charge in [-0.15, -0.1) is 0 Å². The van der Waals surface area contributed by atoms with Gasteiger partial charge in [0, 0.05) is 13.1 Å². The Balaban J connectivity index is 1.91. The molecule has 2 atom stereocenters. The van der Waals surface area contributed by atoms with Crippen molar-refractivity contribution in [2.75, 3.05) is 7.05 Å². The average Bonchev–Trinajstić information content (AvgIpc) is 2.96. The molecule has 6 heteroatoms. The molecule has 0 unspecified atom stereocenters. The molecule has 17 heavy (non-hydrogen) atoms. The predicted molar refractivity (Wildman–Crippen MR) is 56.9 cm³/mol. The zero-order valence-electron chi connectivity index (χ0n) is 9.71. The summed E-state index contributed by atoms with van der Waals surface area (Å²) in [6.45, 7) is 2.12. The van der Waals surface area contributed by atoms with Gasteiger partial charge in [-0.1, -0.05) is 5.16 Å². The molecule has 1 aliphatic rings. The van der Waals surface area contributed by atoms with Crippen LogP contribution in [0.1, 0.15) is 17.9 Å². The van der Waals surface area contributed by atoms with Crippen LogP contribution in [0, 0.1) is 18.8 Å². The van der Waals surface area contributed by atoms with E-state index in [0.29, 0.717) is 24.4 Å². The van der Waals surface area contributed by atoms with Gasteiger partial charge in [0.25, 0.3) is 0 Å². The van der Waals surface area contributed by atoms with Crippen LogP contribution in [0.25, 0.3) is 0 Å². The number of carboxylic acids is 1. The van der Waals surface area contributed by atoms with Crippen molar-refractivity contribution in [1.82, 2.24) is 10.1 Å². The van der Waals surface area contributed by atoms with Gasteiger partial charge in [0.1, 0.15) is 11.5 Å². The highest BCUT2D eigenvalue weighted by atomic mass is 16.5. The van der Waals surface area contributed by atoms with Crippen molar-refractivity contribution < 1.29 is 19.2 Å². The summed E-state index contributed by atoms with van der Waals surface area (Å²) in [4.78, 5) is 24.0. The third-order valence-electron chi connectivity index (χ3n) is 2.88. The lowest BCUT2D eigenvalue weighted by molar-refractivity contribution is -0.141. The third kappa shape index (κ3) is 2.46. The van der Waals surface area contributed by atoms with E-state index in [-0.39, 0.29) is 11.8 Å². The quantitative estimate of drug-likeness (QED) is 0.833. The van der Waals surface area contributed by atoms with Gasteiger partial charge >= 0.3 is 5.97 Å². The van der Waals surface area contributed by atoms with Crippen molar-refractivity contribution in [3.63, 3.8) is 0 Å². The summed E-state index contributed by atoms with van der Waals surface area (Å²) in [5.74, 6) is -1.22. The van der Waals surface area contributed by atoms with Crippen LogP contribution in [0.4, 0.5) is 0 Å². The first kappa shape index (κ1) is 11.6. The van der Waals surface area contributed by atoms with Gasteiger partial charge in [-0.2, -0.15) is 0 Å². The highest BCUT2D eigenvalue weighted by Crippen LogP contribution is 2.40. The van der Waals surface area contributed by atoms with Crippen LogP contribution < -0.4 is 0 Å².